The number of ether oxygens (including phenoxy) is 1. The lowest BCUT2D eigenvalue weighted by molar-refractivity contribution is -0.139. The molecule has 2 amide bonds. The van der Waals surface area contributed by atoms with Crippen LogP contribution < -0.4 is 16.0 Å². The molecule has 0 fully saturated rings. The topological polar surface area (TPSA) is 147 Å². The molecule has 0 radical (unpaired) electrons. The molecule has 0 aliphatic rings. The number of fused-ring (bicyclic) bond motifs is 1. The van der Waals surface area contributed by atoms with Crippen molar-refractivity contribution in [1.82, 2.24) is 25.4 Å². The Kier molecular flexibility index (Phi) is 8.85. The van der Waals surface area contributed by atoms with E-state index in [4.69, 9.17) is 4.74 Å². The van der Waals surface area contributed by atoms with Crippen molar-refractivity contribution in [3.8, 4) is 0 Å². The van der Waals surface area contributed by atoms with Crippen molar-refractivity contribution in [1.29, 1.82) is 0 Å². The van der Waals surface area contributed by atoms with Gasteiger partial charge in [0.15, 0.2) is 0 Å². The van der Waals surface area contributed by atoms with E-state index in [-0.39, 0.29) is 13.2 Å². The first-order valence-electron chi connectivity index (χ1n) is 12.1. The first kappa shape index (κ1) is 26.1. The molecular formula is C27H28N6O5. The smallest absolute Gasteiger partial charge is 0.408 e. The lowest BCUT2D eigenvalue weighted by Gasteiger charge is -2.15. The van der Waals surface area contributed by atoms with Crippen LogP contribution in [0.15, 0.2) is 79.1 Å². The van der Waals surface area contributed by atoms with Crippen molar-refractivity contribution in [2.75, 3.05) is 18.4 Å². The predicted octanol–water partition coefficient (Wildman–Crippen LogP) is 3.04. The number of rotatable bonds is 12. The van der Waals surface area contributed by atoms with E-state index >= 15 is 0 Å². The molecule has 0 aliphatic heterocycles. The Morgan fingerprint density at radius 2 is 1.84 bits per heavy atom. The number of pyridine rings is 1. The Labute approximate surface area is 218 Å². The van der Waals surface area contributed by atoms with E-state index in [0.29, 0.717) is 12.1 Å². The predicted molar refractivity (Wildman–Crippen MR) is 141 cm³/mol. The lowest BCUT2D eigenvalue weighted by Crippen LogP contribution is -2.48. The molecule has 2 heterocycles. The van der Waals surface area contributed by atoms with Crippen molar-refractivity contribution in [2.24, 2.45) is 0 Å². The number of alkyl carbamates (subject to hydrolysis) is 1. The van der Waals surface area contributed by atoms with Crippen LogP contribution in [0.2, 0.25) is 0 Å². The molecule has 0 unspecified atom stereocenters. The van der Waals surface area contributed by atoms with Crippen molar-refractivity contribution in [2.45, 2.75) is 25.6 Å². The molecule has 0 spiro atoms. The number of nitrogens with zero attached hydrogens (tertiary/aromatic N) is 3. The Bertz CT molecular complexity index is 1380. The third kappa shape index (κ3) is 7.29. The molecule has 4 N–H and O–H groups in total. The van der Waals surface area contributed by atoms with Crippen LogP contribution in [0.4, 0.5) is 10.6 Å². The molecule has 0 bridgehead atoms. The second-order valence-electron chi connectivity index (χ2n) is 8.44. The summed E-state index contributed by atoms with van der Waals surface area (Å²) in [5.41, 5.74) is 2.00. The number of amides is 2. The van der Waals surface area contributed by atoms with E-state index in [1.54, 1.807) is 54.9 Å². The quantitative estimate of drug-likeness (QED) is 0.210. The number of nitrogens with one attached hydrogen (secondary N) is 3. The van der Waals surface area contributed by atoms with Crippen LogP contribution in [0.25, 0.3) is 10.9 Å². The van der Waals surface area contributed by atoms with Crippen molar-refractivity contribution in [3.05, 3.63) is 90.3 Å². The molecule has 38 heavy (non-hydrogen) atoms. The van der Waals surface area contributed by atoms with E-state index in [0.717, 1.165) is 35.2 Å². The summed E-state index contributed by atoms with van der Waals surface area (Å²) >= 11 is 0. The van der Waals surface area contributed by atoms with E-state index in [2.05, 4.69) is 26.0 Å². The van der Waals surface area contributed by atoms with Crippen molar-refractivity contribution >= 4 is 34.7 Å². The Morgan fingerprint density at radius 3 is 2.61 bits per heavy atom. The molecule has 2 aromatic heterocycles. The number of carboxylic acids is 1. The van der Waals surface area contributed by atoms with Gasteiger partial charge in [-0.3, -0.25) is 9.48 Å². The molecule has 4 rings (SSSR count). The van der Waals surface area contributed by atoms with Crippen LogP contribution in [0.1, 0.15) is 22.3 Å². The molecule has 0 saturated heterocycles. The number of hydrogen-bond acceptors (Lipinski definition) is 7. The van der Waals surface area contributed by atoms with Gasteiger partial charge in [0.05, 0.1) is 11.7 Å². The van der Waals surface area contributed by atoms with Gasteiger partial charge in [-0.25, -0.2) is 14.6 Å². The molecule has 0 saturated carbocycles. The van der Waals surface area contributed by atoms with E-state index in [9.17, 15) is 19.5 Å². The van der Waals surface area contributed by atoms with Crippen LogP contribution in [0.3, 0.4) is 0 Å². The van der Waals surface area contributed by atoms with Crippen LogP contribution in [-0.4, -0.2) is 57.0 Å². The van der Waals surface area contributed by atoms with Gasteiger partial charge >= 0.3 is 12.1 Å². The minimum absolute atomic E-state index is 0.000184. The van der Waals surface area contributed by atoms with Crippen LogP contribution >= 0.6 is 0 Å². The SMILES string of the molecule is O=C(N[C@@H](CNC(=O)c1ccc2c(cnn2CCCNc2ccccn2)c1)C(=O)O)OCc1ccccc1. The summed E-state index contributed by atoms with van der Waals surface area (Å²) in [6, 6.07) is 18.5. The highest BCUT2D eigenvalue weighted by Gasteiger charge is 2.22. The van der Waals surface area contributed by atoms with E-state index in [1.807, 2.05) is 28.9 Å². The number of anilines is 1. The Morgan fingerprint density at radius 1 is 1.03 bits per heavy atom. The monoisotopic (exact) mass is 516 g/mol. The Hall–Kier alpha value is -4.93. The number of aromatic nitrogens is 3. The zero-order valence-electron chi connectivity index (χ0n) is 20.5. The molecule has 0 aliphatic carbocycles. The average molecular weight is 517 g/mol. The maximum Gasteiger partial charge on any atom is 0.408 e. The normalized spacial score (nSPS) is 11.5. The standard InChI is InChI=1S/C27H28N6O5/c34-25(30-17-22(26(35)36)32-27(37)38-18-19-7-2-1-3-8-19)20-10-11-23-21(15-20)16-31-33(23)14-6-13-29-24-9-4-5-12-28-24/h1-5,7-12,15-16,22H,6,13-14,17-18H2,(H,28,29)(H,30,34)(H,32,37)(H,35,36)/t22-/m0/s1. The molecule has 196 valence electrons. The first-order chi connectivity index (χ1) is 18.5. The number of aryl methyl sites for hydroxylation is 1. The van der Waals surface area contributed by atoms with Gasteiger partial charge in [-0.15, -0.1) is 0 Å². The van der Waals surface area contributed by atoms with E-state index < -0.39 is 24.0 Å². The largest absolute Gasteiger partial charge is 0.480 e. The second-order valence-corrected chi connectivity index (χ2v) is 8.44. The highest BCUT2D eigenvalue weighted by molar-refractivity contribution is 5.98. The summed E-state index contributed by atoms with van der Waals surface area (Å²) in [6.45, 7) is 1.10. The van der Waals surface area contributed by atoms with Gasteiger partial charge in [0, 0.05) is 36.8 Å². The number of carbonyl (C=O) groups excluding carboxylic acids is 2. The number of aliphatic carboxylic acids is 1. The number of benzene rings is 2. The van der Waals surface area contributed by atoms with Gasteiger partial charge < -0.3 is 25.8 Å². The number of carboxylic acid groups (broad SMARTS) is 1. The fourth-order valence-electron chi connectivity index (χ4n) is 3.72. The summed E-state index contributed by atoms with van der Waals surface area (Å²) in [4.78, 5) is 40.5. The zero-order valence-corrected chi connectivity index (χ0v) is 20.5. The summed E-state index contributed by atoms with van der Waals surface area (Å²) in [7, 11) is 0. The summed E-state index contributed by atoms with van der Waals surface area (Å²) in [5, 5.41) is 22.7. The van der Waals surface area contributed by atoms with Gasteiger partial charge in [0.1, 0.15) is 18.5 Å². The van der Waals surface area contributed by atoms with Gasteiger partial charge in [-0.05, 0) is 42.3 Å². The fourth-order valence-corrected chi connectivity index (χ4v) is 3.72. The number of carbonyl (C=O) groups is 3. The van der Waals surface area contributed by atoms with Crippen LogP contribution in [0, 0.1) is 0 Å². The summed E-state index contributed by atoms with van der Waals surface area (Å²) < 4.78 is 6.93. The summed E-state index contributed by atoms with van der Waals surface area (Å²) in [5.74, 6) is -0.945. The van der Waals surface area contributed by atoms with Gasteiger partial charge in [0.2, 0.25) is 0 Å². The van der Waals surface area contributed by atoms with Crippen LogP contribution in [-0.2, 0) is 22.7 Å². The van der Waals surface area contributed by atoms with Gasteiger partial charge in [-0.1, -0.05) is 36.4 Å². The minimum atomic E-state index is -1.35. The zero-order chi connectivity index (χ0) is 26.7. The summed E-state index contributed by atoms with van der Waals surface area (Å²) in [6.07, 6.45) is 3.35. The molecule has 11 nitrogen and oxygen atoms in total. The third-order valence-electron chi connectivity index (χ3n) is 5.69. The third-order valence-corrected chi connectivity index (χ3v) is 5.69. The Balaban J connectivity index is 1.26. The molecule has 4 aromatic rings. The molecular weight excluding hydrogens is 488 g/mol. The average Bonchev–Trinajstić information content (AvgIpc) is 3.35. The van der Waals surface area contributed by atoms with Gasteiger partial charge in [0.25, 0.3) is 5.91 Å². The highest BCUT2D eigenvalue weighted by atomic mass is 16.5. The molecule has 1 atom stereocenters. The fraction of sp³-hybridized carbons (Fsp3) is 0.222. The van der Waals surface area contributed by atoms with Crippen molar-refractivity contribution < 1.29 is 24.2 Å². The van der Waals surface area contributed by atoms with Crippen molar-refractivity contribution in [3.63, 3.8) is 0 Å². The molecule has 11 heteroatoms. The maximum absolute atomic E-state index is 12.7. The second kappa shape index (κ2) is 12.9. The van der Waals surface area contributed by atoms with E-state index in [1.165, 1.54) is 0 Å². The lowest BCUT2D eigenvalue weighted by atomic mass is 10.1. The first-order valence-corrected chi connectivity index (χ1v) is 12.1. The minimum Gasteiger partial charge on any atom is -0.480 e. The maximum atomic E-state index is 12.7. The van der Waals surface area contributed by atoms with Gasteiger partial charge in [-0.2, -0.15) is 5.10 Å². The van der Waals surface area contributed by atoms with Crippen LogP contribution in [0.5, 0.6) is 0 Å². The molecule has 2 aromatic carbocycles. The highest BCUT2D eigenvalue weighted by Crippen LogP contribution is 2.16. The number of hydrogen-bond donors (Lipinski definition) is 4.